The number of anilines is 1. The molecule has 1 aromatic carbocycles. The maximum Gasteiger partial charge on any atom is 0.315 e. The molecule has 0 radical (unpaired) electrons. The molecule has 178 valence electrons. The molecule has 3 rings (SSSR count). The molecular weight excluding hydrogens is 428 g/mol. The van der Waals surface area contributed by atoms with Crippen molar-refractivity contribution in [2.75, 3.05) is 45.3 Å². The molecule has 0 bridgehead atoms. The fourth-order valence-electron chi connectivity index (χ4n) is 3.30. The highest BCUT2D eigenvalue weighted by Gasteiger charge is 2.14. The highest BCUT2D eigenvalue weighted by molar-refractivity contribution is 5.94. The molecule has 11 heteroatoms. The Labute approximate surface area is 191 Å². The summed E-state index contributed by atoms with van der Waals surface area (Å²) in [6.07, 6.45) is 1.28. The van der Waals surface area contributed by atoms with Crippen LogP contribution in [0, 0.1) is 6.92 Å². The lowest BCUT2D eigenvalue weighted by Gasteiger charge is -2.11. The summed E-state index contributed by atoms with van der Waals surface area (Å²) in [5.41, 5.74) is 2.30. The molecule has 0 unspecified atom stereocenters. The fourth-order valence-corrected chi connectivity index (χ4v) is 3.30. The predicted molar refractivity (Wildman–Crippen MR) is 122 cm³/mol. The minimum Gasteiger partial charge on any atom is -0.491 e. The summed E-state index contributed by atoms with van der Waals surface area (Å²) in [6.45, 7) is 5.94. The van der Waals surface area contributed by atoms with Gasteiger partial charge in [-0.2, -0.15) is 0 Å². The molecule has 3 aromatic rings. The number of rotatable bonds is 13. The van der Waals surface area contributed by atoms with E-state index in [-0.39, 0.29) is 18.9 Å². The second-order valence-corrected chi connectivity index (χ2v) is 7.32. The predicted octanol–water partition coefficient (Wildman–Crippen LogP) is 1.87. The van der Waals surface area contributed by atoms with Gasteiger partial charge in [-0.15, -0.1) is 10.2 Å². The third kappa shape index (κ3) is 6.51. The number of carbonyl (C=O) groups excluding carboxylic acids is 2. The first-order chi connectivity index (χ1) is 16.0. The van der Waals surface area contributed by atoms with Crippen LogP contribution in [-0.2, 0) is 19.1 Å². The van der Waals surface area contributed by atoms with Crippen LogP contribution in [0.5, 0.6) is 5.75 Å². The van der Waals surface area contributed by atoms with E-state index in [4.69, 9.17) is 19.2 Å². The number of ether oxygens (including phenoxy) is 3. The van der Waals surface area contributed by atoms with Crippen molar-refractivity contribution in [3.63, 3.8) is 0 Å². The Morgan fingerprint density at radius 1 is 1.12 bits per heavy atom. The average Bonchev–Trinajstić information content (AvgIpc) is 3.18. The van der Waals surface area contributed by atoms with E-state index >= 15 is 0 Å². The van der Waals surface area contributed by atoms with E-state index in [2.05, 4.69) is 20.8 Å². The van der Waals surface area contributed by atoms with Crippen molar-refractivity contribution in [2.45, 2.75) is 33.1 Å². The Morgan fingerprint density at radius 3 is 2.73 bits per heavy atom. The SMILES string of the molecule is CCOC(=O)CC(=O)NCCCCNc1nc2cc(OCCOC)ccc2n2c(C)nnc12. The van der Waals surface area contributed by atoms with Crippen molar-refractivity contribution in [1.82, 2.24) is 24.9 Å². The van der Waals surface area contributed by atoms with Crippen molar-refractivity contribution in [3.8, 4) is 5.75 Å². The van der Waals surface area contributed by atoms with Crippen LogP contribution in [0.1, 0.15) is 32.0 Å². The number of amides is 1. The summed E-state index contributed by atoms with van der Waals surface area (Å²) in [4.78, 5) is 27.7. The van der Waals surface area contributed by atoms with E-state index in [1.165, 1.54) is 0 Å². The molecule has 2 N–H and O–H groups in total. The molecule has 0 saturated heterocycles. The number of nitrogens with zero attached hydrogens (tertiary/aromatic N) is 4. The molecule has 0 fully saturated rings. The Balaban J connectivity index is 1.59. The zero-order chi connectivity index (χ0) is 23.6. The molecule has 1 amide bonds. The number of carbonyl (C=O) groups is 2. The molecule has 2 heterocycles. The van der Waals surface area contributed by atoms with E-state index < -0.39 is 5.97 Å². The summed E-state index contributed by atoms with van der Waals surface area (Å²) < 4.78 is 17.5. The van der Waals surface area contributed by atoms with Gasteiger partial charge in [-0.1, -0.05) is 0 Å². The van der Waals surface area contributed by atoms with Crippen molar-refractivity contribution in [1.29, 1.82) is 0 Å². The van der Waals surface area contributed by atoms with Gasteiger partial charge in [-0.3, -0.25) is 14.0 Å². The number of methoxy groups -OCH3 is 1. The summed E-state index contributed by atoms with van der Waals surface area (Å²) >= 11 is 0. The second-order valence-electron chi connectivity index (χ2n) is 7.32. The molecule has 0 spiro atoms. The van der Waals surface area contributed by atoms with E-state index in [0.29, 0.717) is 43.5 Å². The van der Waals surface area contributed by atoms with Gasteiger partial charge in [0, 0.05) is 26.3 Å². The summed E-state index contributed by atoms with van der Waals surface area (Å²) in [7, 11) is 1.63. The van der Waals surface area contributed by atoms with Crippen LogP contribution < -0.4 is 15.4 Å². The molecule has 0 aliphatic rings. The third-order valence-corrected chi connectivity index (χ3v) is 4.84. The number of aryl methyl sites for hydroxylation is 1. The highest BCUT2D eigenvalue weighted by Crippen LogP contribution is 2.25. The Hall–Kier alpha value is -3.47. The molecule has 33 heavy (non-hydrogen) atoms. The van der Waals surface area contributed by atoms with E-state index in [0.717, 1.165) is 29.7 Å². The molecular formula is C22H30N6O5. The number of aromatic nitrogens is 4. The Kier molecular flexibility index (Phi) is 8.76. The van der Waals surface area contributed by atoms with Gasteiger partial charge in [0.25, 0.3) is 0 Å². The number of hydrogen-bond donors (Lipinski definition) is 2. The van der Waals surface area contributed by atoms with Crippen LogP contribution in [0.3, 0.4) is 0 Å². The molecule has 11 nitrogen and oxygen atoms in total. The lowest BCUT2D eigenvalue weighted by molar-refractivity contribution is -0.145. The largest absolute Gasteiger partial charge is 0.491 e. The van der Waals surface area contributed by atoms with Gasteiger partial charge in [-0.25, -0.2) is 4.98 Å². The van der Waals surface area contributed by atoms with Crippen LogP contribution >= 0.6 is 0 Å². The fraction of sp³-hybridized carbons (Fsp3) is 0.500. The third-order valence-electron chi connectivity index (χ3n) is 4.84. The minimum absolute atomic E-state index is 0.255. The van der Waals surface area contributed by atoms with Crippen molar-refractivity contribution < 1.29 is 23.8 Å². The number of hydrogen-bond acceptors (Lipinski definition) is 9. The zero-order valence-electron chi connectivity index (χ0n) is 19.2. The average molecular weight is 459 g/mol. The number of fused-ring (bicyclic) bond motifs is 3. The lowest BCUT2D eigenvalue weighted by Crippen LogP contribution is -2.27. The van der Waals surface area contributed by atoms with E-state index in [9.17, 15) is 9.59 Å². The number of unbranched alkanes of at least 4 members (excludes halogenated alkanes) is 1. The molecule has 0 saturated carbocycles. The standard InChI is InChI=1S/C22H30N6O5/c1-4-32-20(30)14-19(29)23-9-5-6-10-24-21-22-27-26-15(2)28(22)18-8-7-16(13-17(18)25-21)33-12-11-31-3/h7-8,13H,4-6,9-12,14H2,1-3H3,(H,23,29)(H,24,25). The lowest BCUT2D eigenvalue weighted by atomic mass is 10.2. The van der Waals surface area contributed by atoms with Gasteiger partial charge < -0.3 is 24.8 Å². The zero-order valence-corrected chi connectivity index (χ0v) is 19.2. The van der Waals surface area contributed by atoms with E-state index in [1.807, 2.05) is 29.5 Å². The smallest absolute Gasteiger partial charge is 0.315 e. The summed E-state index contributed by atoms with van der Waals surface area (Å²) in [5.74, 6) is 1.25. The summed E-state index contributed by atoms with van der Waals surface area (Å²) in [5, 5.41) is 14.5. The van der Waals surface area contributed by atoms with Crippen LogP contribution in [0.25, 0.3) is 16.7 Å². The molecule has 2 aromatic heterocycles. The van der Waals surface area contributed by atoms with Crippen LogP contribution in [0.4, 0.5) is 5.82 Å². The molecule has 0 atom stereocenters. The van der Waals surface area contributed by atoms with Gasteiger partial charge >= 0.3 is 5.97 Å². The minimum atomic E-state index is -0.515. The van der Waals surface area contributed by atoms with Crippen molar-refractivity contribution in [3.05, 3.63) is 24.0 Å². The van der Waals surface area contributed by atoms with Crippen LogP contribution in [0.2, 0.25) is 0 Å². The van der Waals surface area contributed by atoms with Crippen LogP contribution in [-0.4, -0.2) is 71.5 Å². The topological polar surface area (TPSA) is 129 Å². The van der Waals surface area contributed by atoms with Crippen molar-refractivity contribution >= 4 is 34.4 Å². The first-order valence-corrected chi connectivity index (χ1v) is 11.0. The first-order valence-electron chi connectivity index (χ1n) is 11.0. The highest BCUT2D eigenvalue weighted by atomic mass is 16.5. The first kappa shape index (κ1) is 24.2. The van der Waals surface area contributed by atoms with E-state index in [1.54, 1.807) is 14.0 Å². The number of esters is 1. The maximum atomic E-state index is 11.7. The quantitative estimate of drug-likeness (QED) is 0.224. The van der Waals surface area contributed by atoms with Gasteiger partial charge in [-0.05, 0) is 38.8 Å². The van der Waals surface area contributed by atoms with Gasteiger partial charge in [0.2, 0.25) is 11.6 Å². The Morgan fingerprint density at radius 2 is 1.94 bits per heavy atom. The summed E-state index contributed by atoms with van der Waals surface area (Å²) in [6, 6.07) is 5.71. The van der Waals surface area contributed by atoms with Gasteiger partial charge in [0.15, 0.2) is 5.82 Å². The Bertz CT molecular complexity index is 1100. The van der Waals surface area contributed by atoms with Crippen molar-refractivity contribution in [2.24, 2.45) is 0 Å². The molecule has 0 aliphatic carbocycles. The normalized spacial score (nSPS) is 11.0. The maximum absolute atomic E-state index is 11.7. The number of benzene rings is 1. The van der Waals surface area contributed by atoms with Gasteiger partial charge in [0.1, 0.15) is 24.6 Å². The second kappa shape index (κ2) is 12.0. The monoisotopic (exact) mass is 458 g/mol. The molecule has 0 aliphatic heterocycles. The number of nitrogens with one attached hydrogen (secondary N) is 2. The van der Waals surface area contributed by atoms with Crippen LogP contribution in [0.15, 0.2) is 18.2 Å². The van der Waals surface area contributed by atoms with Gasteiger partial charge in [0.05, 0.1) is 24.2 Å².